The van der Waals surface area contributed by atoms with Gasteiger partial charge in [-0.1, -0.05) is 31.5 Å². The summed E-state index contributed by atoms with van der Waals surface area (Å²) in [6.45, 7) is 6.08. The van der Waals surface area contributed by atoms with Crippen molar-refractivity contribution < 1.29 is 13.2 Å². The van der Waals surface area contributed by atoms with E-state index in [1.54, 1.807) is 12.1 Å². The van der Waals surface area contributed by atoms with Crippen LogP contribution < -0.4 is 4.74 Å². The molecule has 6 heteroatoms. The number of benzene rings is 1. The van der Waals surface area contributed by atoms with Gasteiger partial charge in [0.1, 0.15) is 5.75 Å². The van der Waals surface area contributed by atoms with Crippen molar-refractivity contribution in [2.24, 2.45) is 11.8 Å². The smallest absolute Gasteiger partial charge is 0.233 e. The maximum atomic E-state index is 11.2. The summed E-state index contributed by atoms with van der Waals surface area (Å²) in [4.78, 5) is 0. The van der Waals surface area contributed by atoms with Crippen molar-refractivity contribution in [1.82, 2.24) is 0 Å². The minimum absolute atomic E-state index is 0.101. The summed E-state index contributed by atoms with van der Waals surface area (Å²) in [5, 5.41) is 0.524. The van der Waals surface area contributed by atoms with Gasteiger partial charge in [0.05, 0.1) is 17.4 Å². The van der Waals surface area contributed by atoms with Gasteiger partial charge >= 0.3 is 0 Å². The summed E-state index contributed by atoms with van der Waals surface area (Å²) in [6.07, 6.45) is 0. The highest BCUT2D eigenvalue weighted by Crippen LogP contribution is 2.26. The van der Waals surface area contributed by atoms with Crippen molar-refractivity contribution in [2.75, 3.05) is 12.4 Å². The van der Waals surface area contributed by atoms with Crippen LogP contribution in [0.15, 0.2) is 18.2 Å². The third-order valence-electron chi connectivity index (χ3n) is 2.90. The molecule has 0 aromatic heterocycles. The Kier molecular flexibility index (Phi) is 5.96. The van der Waals surface area contributed by atoms with Crippen LogP contribution in [0.25, 0.3) is 0 Å². The van der Waals surface area contributed by atoms with Crippen molar-refractivity contribution in [2.45, 2.75) is 20.8 Å². The second kappa shape index (κ2) is 6.82. The van der Waals surface area contributed by atoms with Crippen LogP contribution in [0.4, 0.5) is 0 Å². The molecule has 0 bridgehead atoms. The maximum Gasteiger partial charge on any atom is 0.233 e. The number of halogens is 2. The first-order chi connectivity index (χ1) is 8.69. The van der Waals surface area contributed by atoms with E-state index in [9.17, 15) is 8.42 Å². The van der Waals surface area contributed by atoms with Crippen molar-refractivity contribution in [3.8, 4) is 5.75 Å². The first-order valence-corrected chi connectivity index (χ1v) is 8.86. The van der Waals surface area contributed by atoms with Crippen LogP contribution >= 0.6 is 22.3 Å². The van der Waals surface area contributed by atoms with Crippen molar-refractivity contribution in [1.29, 1.82) is 0 Å². The molecule has 0 N–H and O–H groups in total. The Morgan fingerprint density at radius 2 is 1.95 bits per heavy atom. The van der Waals surface area contributed by atoms with E-state index in [0.29, 0.717) is 10.8 Å². The standard InChI is InChI=1S/C13H18Cl2O3S/c1-9(2)11(8-19(15,16)17)7-18-13-5-4-10(3)6-12(13)14/h4-6,9,11H,7-8H2,1-3H3. The molecule has 0 radical (unpaired) electrons. The van der Waals surface area contributed by atoms with Crippen LogP contribution in [-0.2, 0) is 9.05 Å². The van der Waals surface area contributed by atoms with Crippen LogP contribution in [0, 0.1) is 18.8 Å². The first-order valence-electron chi connectivity index (χ1n) is 6.00. The lowest BCUT2D eigenvalue weighted by molar-refractivity contribution is 0.225. The Morgan fingerprint density at radius 1 is 1.32 bits per heavy atom. The van der Waals surface area contributed by atoms with Gasteiger partial charge in [-0.05, 0) is 30.5 Å². The fraction of sp³-hybridized carbons (Fsp3) is 0.538. The van der Waals surface area contributed by atoms with Crippen molar-refractivity contribution in [3.63, 3.8) is 0 Å². The minimum Gasteiger partial charge on any atom is -0.492 e. The Hall–Kier alpha value is -0.450. The summed E-state index contributed by atoms with van der Waals surface area (Å²) in [5.74, 6) is 0.443. The van der Waals surface area contributed by atoms with Crippen molar-refractivity contribution in [3.05, 3.63) is 28.8 Å². The van der Waals surface area contributed by atoms with Gasteiger partial charge in [-0.2, -0.15) is 0 Å². The van der Waals surface area contributed by atoms with Gasteiger partial charge in [0.2, 0.25) is 9.05 Å². The molecular formula is C13H18Cl2O3S. The highest BCUT2D eigenvalue weighted by molar-refractivity contribution is 8.13. The Labute approximate surface area is 124 Å². The fourth-order valence-corrected chi connectivity index (χ4v) is 3.38. The second-order valence-electron chi connectivity index (χ2n) is 4.95. The molecule has 0 aliphatic carbocycles. The fourth-order valence-electron chi connectivity index (χ4n) is 1.61. The predicted octanol–water partition coefficient (Wildman–Crippen LogP) is 3.87. The van der Waals surface area contributed by atoms with Gasteiger partial charge in [0, 0.05) is 16.6 Å². The maximum absolute atomic E-state index is 11.2. The first kappa shape index (κ1) is 16.6. The van der Waals surface area contributed by atoms with E-state index in [2.05, 4.69) is 0 Å². The van der Waals surface area contributed by atoms with E-state index in [0.717, 1.165) is 5.56 Å². The van der Waals surface area contributed by atoms with E-state index < -0.39 is 9.05 Å². The van der Waals surface area contributed by atoms with Crippen molar-refractivity contribution >= 4 is 31.3 Å². The molecule has 1 unspecified atom stereocenters. The number of rotatable bonds is 6. The summed E-state index contributed by atoms with van der Waals surface area (Å²) < 4.78 is 27.9. The molecule has 0 saturated carbocycles. The predicted molar refractivity (Wildman–Crippen MR) is 79.7 cm³/mol. The molecule has 0 amide bonds. The zero-order chi connectivity index (χ0) is 14.6. The lowest BCUT2D eigenvalue weighted by atomic mass is 9.99. The Morgan fingerprint density at radius 3 is 2.42 bits per heavy atom. The zero-order valence-electron chi connectivity index (χ0n) is 11.2. The van der Waals surface area contributed by atoms with E-state index in [1.807, 2.05) is 26.8 Å². The molecule has 1 atom stereocenters. The van der Waals surface area contributed by atoms with Crippen LogP contribution in [0.1, 0.15) is 19.4 Å². The molecule has 3 nitrogen and oxygen atoms in total. The second-order valence-corrected chi connectivity index (χ2v) is 8.18. The molecule has 0 aliphatic heterocycles. The summed E-state index contributed by atoms with van der Waals surface area (Å²) in [7, 11) is 1.77. The average molecular weight is 325 g/mol. The normalized spacial score (nSPS) is 13.6. The van der Waals surface area contributed by atoms with E-state index >= 15 is 0 Å². The molecule has 0 spiro atoms. The highest BCUT2D eigenvalue weighted by atomic mass is 35.7. The van der Waals surface area contributed by atoms with E-state index in [1.165, 1.54) is 0 Å². The van der Waals surface area contributed by atoms with Crippen LogP contribution in [0.2, 0.25) is 5.02 Å². The Balaban J connectivity index is 2.71. The molecule has 1 aromatic rings. The Bertz CT molecular complexity index is 527. The number of hydrogen-bond acceptors (Lipinski definition) is 3. The molecule has 0 aliphatic rings. The molecular weight excluding hydrogens is 307 g/mol. The lowest BCUT2D eigenvalue weighted by Crippen LogP contribution is -2.24. The summed E-state index contributed by atoms with van der Waals surface area (Å²) in [6, 6.07) is 5.48. The molecule has 0 saturated heterocycles. The van der Waals surface area contributed by atoms with Gasteiger partial charge in [-0.25, -0.2) is 8.42 Å². The van der Waals surface area contributed by atoms with E-state index in [-0.39, 0.29) is 24.2 Å². The summed E-state index contributed by atoms with van der Waals surface area (Å²) in [5.41, 5.74) is 1.04. The number of hydrogen-bond donors (Lipinski definition) is 0. The van der Waals surface area contributed by atoms with Crippen LogP contribution in [-0.4, -0.2) is 20.8 Å². The van der Waals surface area contributed by atoms with Crippen LogP contribution in [0.5, 0.6) is 5.75 Å². The van der Waals surface area contributed by atoms with Crippen LogP contribution in [0.3, 0.4) is 0 Å². The third kappa shape index (κ3) is 6.02. The van der Waals surface area contributed by atoms with Gasteiger partial charge in [0.15, 0.2) is 0 Å². The number of aryl methyl sites for hydroxylation is 1. The average Bonchev–Trinajstić information content (AvgIpc) is 2.24. The highest BCUT2D eigenvalue weighted by Gasteiger charge is 2.21. The molecule has 1 rings (SSSR count). The third-order valence-corrected chi connectivity index (χ3v) is 4.40. The summed E-state index contributed by atoms with van der Waals surface area (Å²) >= 11 is 6.06. The molecule has 108 valence electrons. The van der Waals surface area contributed by atoms with Gasteiger partial charge in [-0.3, -0.25) is 0 Å². The minimum atomic E-state index is -3.53. The quantitative estimate of drug-likeness (QED) is 0.746. The van der Waals surface area contributed by atoms with Gasteiger partial charge < -0.3 is 4.74 Å². The van der Waals surface area contributed by atoms with E-state index in [4.69, 9.17) is 27.0 Å². The largest absolute Gasteiger partial charge is 0.492 e. The molecule has 0 heterocycles. The SMILES string of the molecule is Cc1ccc(OCC(CS(=O)(=O)Cl)C(C)C)c(Cl)c1. The van der Waals surface area contributed by atoms with Gasteiger partial charge in [-0.15, -0.1) is 0 Å². The number of ether oxygens (including phenoxy) is 1. The monoisotopic (exact) mass is 324 g/mol. The topological polar surface area (TPSA) is 43.4 Å². The molecule has 0 fully saturated rings. The van der Waals surface area contributed by atoms with Gasteiger partial charge in [0.25, 0.3) is 0 Å². The zero-order valence-corrected chi connectivity index (χ0v) is 13.5. The lowest BCUT2D eigenvalue weighted by Gasteiger charge is -2.20. The molecule has 1 aromatic carbocycles. The molecule has 19 heavy (non-hydrogen) atoms.